The van der Waals surface area contributed by atoms with E-state index in [0.29, 0.717) is 19.8 Å². The van der Waals surface area contributed by atoms with Crippen molar-refractivity contribution in [2.24, 2.45) is 0 Å². The number of nitrogens with one attached hydrogen (secondary N) is 2. The highest BCUT2D eigenvalue weighted by Crippen LogP contribution is 2.01. The molecule has 0 aromatic carbocycles. The molecule has 0 aromatic heterocycles. The number of hydrogen-bond acceptors (Lipinski definition) is 4. The van der Waals surface area contributed by atoms with Crippen LogP contribution in [0.3, 0.4) is 0 Å². The molecule has 1 saturated heterocycles. The Bertz CT molecular complexity index is 195. The molecule has 1 heterocycles. The summed E-state index contributed by atoms with van der Waals surface area (Å²) in [6.45, 7) is 4.56. The summed E-state index contributed by atoms with van der Waals surface area (Å²) in [6, 6.07) is 0.0585. The number of hydrogen-bond donors (Lipinski definition) is 2. The Morgan fingerprint density at radius 2 is 2.33 bits per heavy atom. The topological polar surface area (TPSA) is 59.6 Å². The molecule has 1 rings (SSSR count). The minimum absolute atomic E-state index is 0.00595. The average molecular weight is 216 g/mol. The van der Waals surface area contributed by atoms with Crippen molar-refractivity contribution in [1.29, 1.82) is 0 Å². The summed E-state index contributed by atoms with van der Waals surface area (Å²) in [5.74, 6) is 0.0732. The molecule has 0 saturated carbocycles. The van der Waals surface area contributed by atoms with Crippen LogP contribution < -0.4 is 10.6 Å². The van der Waals surface area contributed by atoms with Crippen molar-refractivity contribution >= 4 is 5.91 Å². The molecular formula is C10H20N2O3. The molecule has 0 radical (unpaired) electrons. The van der Waals surface area contributed by atoms with E-state index in [4.69, 9.17) is 9.47 Å². The molecule has 1 fully saturated rings. The second kappa shape index (κ2) is 6.76. The van der Waals surface area contributed by atoms with Gasteiger partial charge in [-0.3, -0.25) is 4.79 Å². The highest BCUT2D eigenvalue weighted by Gasteiger charge is 2.25. The SMILES string of the molecule is COCCOCC(C)NC(=O)[C@H]1CCN1. The predicted octanol–water partition coefficient (Wildman–Crippen LogP) is -0.484. The van der Waals surface area contributed by atoms with E-state index in [1.165, 1.54) is 0 Å². The maximum Gasteiger partial charge on any atom is 0.237 e. The number of carbonyl (C=O) groups is 1. The Labute approximate surface area is 90.5 Å². The van der Waals surface area contributed by atoms with Crippen molar-refractivity contribution in [2.75, 3.05) is 33.5 Å². The van der Waals surface area contributed by atoms with Gasteiger partial charge in [0.1, 0.15) is 0 Å². The minimum atomic E-state index is 0.00595. The van der Waals surface area contributed by atoms with Crippen molar-refractivity contribution in [2.45, 2.75) is 25.4 Å². The van der Waals surface area contributed by atoms with Gasteiger partial charge in [0.15, 0.2) is 0 Å². The maximum absolute atomic E-state index is 11.5. The maximum atomic E-state index is 11.5. The molecule has 2 atom stereocenters. The first-order valence-electron chi connectivity index (χ1n) is 5.34. The third kappa shape index (κ3) is 4.59. The zero-order valence-corrected chi connectivity index (χ0v) is 9.41. The summed E-state index contributed by atoms with van der Waals surface area (Å²) in [7, 11) is 1.64. The van der Waals surface area contributed by atoms with Gasteiger partial charge in [-0.1, -0.05) is 0 Å². The minimum Gasteiger partial charge on any atom is -0.382 e. The average Bonchev–Trinajstić information content (AvgIpc) is 2.09. The van der Waals surface area contributed by atoms with E-state index in [1.54, 1.807) is 7.11 Å². The van der Waals surface area contributed by atoms with E-state index < -0.39 is 0 Å². The quantitative estimate of drug-likeness (QED) is 0.564. The molecule has 5 nitrogen and oxygen atoms in total. The van der Waals surface area contributed by atoms with Crippen molar-refractivity contribution in [3.05, 3.63) is 0 Å². The Morgan fingerprint density at radius 3 is 2.87 bits per heavy atom. The summed E-state index contributed by atoms with van der Waals surface area (Å²) in [5, 5.41) is 5.95. The van der Waals surface area contributed by atoms with Crippen molar-refractivity contribution < 1.29 is 14.3 Å². The van der Waals surface area contributed by atoms with Gasteiger partial charge in [0.25, 0.3) is 0 Å². The zero-order chi connectivity index (χ0) is 11.1. The smallest absolute Gasteiger partial charge is 0.237 e. The van der Waals surface area contributed by atoms with E-state index in [9.17, 15) is 4.79 Å². The number of ether oxygens (including phenoxy) is 2. The van der Waals surface area contributed by atoms with E-state index in [0.717, 1.165) is 13.0 Å². The number of amides is 1. The van der Waals surface area contributed by atoms with E-state index in [1.807, 2.05) is 6.92 Å². The van der Waals surface area contributed by atoms with E-state index in [-0.39, 0.29) is 18.0 Å². The molecule has 88 valence electrons. The number of methoxy groups -OCH3 is 1. The van der Waals surface area contributed by atoms with Crippen LogP contribution in [0.2, 0.25) is 0 Å². The predicted molar refractivity (Wildman–Crippen MR) is 56.7 cm³/mol. The molecule has 0 spiro atoms. The number of carbonyl (C=O) groups excluding carboxylic acids is 1. The molecule has 2 N–H and O–H groups in total. The lowest BCUT2D eigenvalue weighted by Gasteiger charge is -2.27. The fourth-order valence-electron chi connectivity index (χ4n) is 1.30. The van der Waals surface area contributed by atoms with Crippen LogP contribution in [0.5, 0.6) is 0 Å². The largest absolute Gasteiger partial charge is 0.382 e. The molecule has 1 aliphatic heterocycles. The second-order valence-electron chi connectivity index (χ2n) is 3.77. The lowest BCUT2D eigenvalue weighted by molar-refractivity contribution is -0.125. The van der Waals surface area contributed by atoms with Crippen molar-refractivity contribution in [3.8, 4) is 0 Å². The van der Waals surface area contributed by atoms with Gasteiger partial charge in [-0.25, -0.2) is 0 Å². The molecule has 0 aliphatic carbocycles. The van der Waals surface area contributed by atoms with E-state index >= 15 is 0 Å². The van der Waals surface area contributed by atoms with Gasteiger partial charge in [-0.05, 0) is 19.9 Å². The highest BCUT2D eigenvalue weighted by atomic mass is 16.5. The Morgan fingerprint density at radius 1 is 1.60 bits per heavy atom. The fourth-order valence-corrected chi connectivity index (χ4v) is 1.30. The Hall–Kier alpha value is -0.650. The van der Waals surface area contributed by atoms with Crippen LogP contribution in [0, 0.1) is 0 Å². The first-order valence-corrected chi connectivity index (χ1v) is 5.34. The van der Waals surface area contributed by atoms with Crippen LogP contribution in [0.4, 0.5) is 0 Å². The normalized spacial score (nSPS) is 21.9. The third-order valence-electron chi connectivity index (χ3n) is 2.33. The van der Waals surface area contributed by atoms with Crippen LogP contribution in [-0.4, -0.2) is 51.5 Å². The molecule has 15 heavy (non-hydrogen) atoms. The molecule has 1 aliphatic rings. The van der Waals surface area contributed by atoms with E-state index in [2.05, 4.69) is 10.6 Å². The molecule has 0 aromatic rings. The summed E-state index contributed by atoms with van der Waals surface area (Å²) in [6.07, 6.45) is 0.934. The van der Waals surface area contributed by atoms with Gasteiger partial charge in [-0.15, -0.1) is 0 Å². The van der Waals surface area contributed by atoms with Crippen LogP contribution in [0.15, 0.2) is 0 Å². The van der Waals surface area contributed by atoms with Gasteiger partial charge >= 0.3 is 0 Å². The van der Waals surface area contributed by atoms with Gasteiger partial charge in [-0.2, -0.15) is 0 Å². The van der Waals surface area contributed by atoms with Gasteiger partial charge in [0.05, 0.1) is 25.9 Å². The van der Waals surface area contributed by atoms with Gasteiger partial charge < -0.3 is 20.1 Å². The molecule has 1 unspecified atom stereocenters. The summed E-state index contributed by atoms with van der Waals surface area (Å²) >= 11 is 0. The monoisotopic (exact) mass is 216 g/mol. The first kappa shape index (κ1) is 12.4. The fraction of sp³-hybridized carbons (Fsp3) is 0.900. The third-order valence-corrected chi connectivity index (χ3v) is 2.33. The van der Waals surface area contributed by atoms with Gasteiger partial charge in [0, 0.05) is 13.2 Å². The first-order chi connectivity index (χ1) is 7.24. The van der Waals surface area contributed by atoms with Crippen LogP contribution in [0.1, 0.15) is 13.3 Å². The summed E-state index contributed by atoms with van der Waals surface area (Å²) in [4.78, 5) is 11.5. The molecular weight excluding hydrogens is 196 g/mol. The van der Waals surface area contributed by atoms with Crippen molar-refractivity contribution in [1.82, 2.24) is 10.6 Å². The molecule has 1 amide bonds. The zero-order valence-electron chi connectivity index (χ0n) is 9.41. The lowest BCUT2D eigenvalue weighted by Crippen LogP contribution is -2.55. The van der Waals surface area contributed by atoms with Crippen LogP contribution in [-0.2, 0) is 14.3 Å². The van der Waals surface area contributed by atoms with Crippen molar-refractivity contribution in [3.63, 3.8) is 0 Å². The summed E-state index contributed by atoms with van der Waals surface area (Å²) < 4.78 is 10.2. The summed E-state index contributed by atoms with van der Waals surface area (Å²) in [5.41, 5.74) is 0. The highest BCUT2D eigenvalue weighted by molar-refractivity contribution is 5.82. The standard InChI is InChI=1S/C10H20N2O3/c1-8(7-15-6-5-14-2)12-10(13)9-3-4-11-9/h8-9,11H,3-7H2,1-2H3,(H,12,13)/t8?,9-/m1/s1. The lowest BCUT2D eigenvalue weighted by atomic mass is 10.1. The van der Waals surface area contributed by atoms with Crippen LogP contribution >= 0.6 is 0 Å². The Kier molecular flexibility index (Phi) is 5.60. The Balaban J connectivity index is 2.01. The number of rotatable bonds is 7. The second-order valence-corrected chi connectivity index (χ2v) is 3.77. The van der Waals surface area contributed by atoms with Gasteiger partial charge in [0.2, 0.25) is 5.91 Å². The van der Waals surface area contributed by atoms with Crippen LogP contribution in [0.25, 0.3) is 0 Å². The molecule has 5 heteroatoms. The molecule has 0 bridgehead atoms.